The summed E-state index contributed by atoms with van der Waals surface area (Å²) in [5, 5.41) is 0. The first-order chi connectivity index (χ1) is 11.3. The molecule has 0 aromatic heterocycles. The summed E-state index contributed by atoms with van der Waals surface area (Å²) < 4.78 is 0. The first-order valence-corrected chi connectivity index (χ1v) is 8.89. The molecule has 0 saturated carbocycles. The fourth-order valence-electron chi connectivity index (χ4n) is 4.21. The van der Waals surface area contributed by atoms with E-state index in [9.17, 15) is 4.79 Å². The first kappa shape index (κ1) is 17.0. The molecule has 0 N–H and O–H groups in total. The minimum absolute atomic E-state index is 0.000982. The molecule has 0 spiro atoms. The number of alkyl halides is 1. The van der Waals surface area contributed by atoms with E-state index in [1.54, 1.807) is 0 Å². The molecule has 1 aliphatic heterocycles. The second kappa shape index (κ2) is 5.93. The number of hydrogen-bond acceptors (Lipinski definition) is 1. The summed E-state index contributed by atoms with van der Waals surface area (Å²) in [6, 6.07) is 16.9. The number of nitrogens with zero attached hydrogens (tertiary/aromatic N) is 1. The van der Waals surface area contributed by atoms with Crippen LogP contribution in [0.1, 0.15) is 43.9 Å². The first-order valence-electron chi connectivity index (χ1n) is 8.35. The van der Waals surface area contributed by atoms with Gasteiger partial charge >= 0.3 is 0 Å². The number of carbonyl (C=O) groups excluding carboxylic acids is 1. The maximum absolute atomic E-state index is 12.5. The number of hydrogen-bond donors (Lipinski definition) is 0. The van der Waals surface area contributed by atoms with Crippen LogP contribution in [-0.4, -0.2) is 17.3 Å². The Hall–Kier alpha value is -1.80. The molecule has 1 atom stereocenters. The molecular weight excluding hydrogens is 318 g/mol. The molecule has 3 heteroatoms. The number of rotatable bonds is 2. The quantitative estimate of drug-likeness (QED) is 0.699. The van der Waals surface area contributed by atoms with Crippen LogP contribution in [0, 0.1) is 6.92 Å². The number of carbonyl (C=O) groups is 1. The Morgan fingerprint density at radius 1 is 1.08 bits per heavy atom. The van der Waals surface area contributed by atoms with Crippen LogP contribution in [0.15, 0.2) is 48.5 Å². The Kier molecular flexibility index (Phi) is 4.21. The van der Waals surface area contributed by atoms with Gasteiger partial charge in [0.2, 0.25) is 5.91 Å². The van der Waals surface area contributed by atoms with Crippen LogP contribution >= 0.6 is 11.6 Å². The number of para-hydroxylation sites is 1. The SMILES string of the molecule is Cc1ccc(C2(C)CC(C)(C)N(C(=O)CCl)c3ccccc32)cc1. The Morgan fingerprint density at radius 3 is 2.33 bits per heavy atom. The van der Waals surface area contributed by atoms with Gasteiger partial charge < -0.3 is 4.90 Å². The predicted octanol–water partition coefficient (Wildman–Crippen LogP) is 5.06. The Balaban J connectivity index is 2.23. The summed E-state index contributed by atoms with van der Waals surface area (Å²) in [4.78, 5) is 14.4. The highest BCUT2D eigenvalue weighted by molar-refractivity contribution is 6.29. The van der Waals surface area contributed by atoms with Crippen molar-refractivity contribution in [1.82, 2.24) is 0 Å². The van der Waals surface area contributed by atoms with Crippen molar-refractivity contribution in [1.29, 1.82) is 0 Å². The molecule has 0 aliphatic carbocycles. The smallest absolute Gasteiger partial charge is 0.242 e. The fraction of sp³-hybridized carbons (Fsp3) is 0.381. The molecule has 0 radical (unpaired) electrons. The Labute approximate surface area is 149 Å². The minimum atomic E-state index is -0.306. The number of benzene rings is 2. The van der Waals surface area contributed by atoms with Crippen LogP contribution in [0.3, 0.4) is 0 Å². The third-order valence-electron chi connectivity index (χ3n) is 5.18. The molecule has 1 aliphatic rings. The van der Waals surface area contributed by atoms with Gasteiger partial charge in [-0.3, -0.25) is 4.79 Å². The monoisotopic (exact) mass is 341 g/mol. The van der Waals surface area contributed by atoms with Crippen LogP contribution in [0.2, 0.25) is 0 Å². The molecule has 24 heavy (non-hydrogen) atoms. The predicted molar refractivity (Wildman–Crippen MR) is 101 cm³/mol. The molecular formula is C21H24ClNO. The number of amides is 1. The molecule has 1 amide bonds. The van der Waals surface area contributed by atoms with Crippen molar-refractivity contribution in [2.24, 2.45) is 0 Å². The van der Waals surface area contributed by atoms with E-state index in [2.05, 4.69) is 58.0 Å². The molecule has 3 rings (SSSR count). The van der Waals surface area contributed by atoms with Crippen LogP contribution in [-0.2, 0) is 10.2 Å². The van der Waals surface area contributed by atoms with Crippen LogP contribution < -0.4 is 4.90 Å². The lowest BCUT2D eigenvalue weighted by atomic mass is 9.65. The largest absolute Gasteiger partial charge is 0.305 e. The molecule has 1 heterocycles. The second-order valence-electron chi connectivity index (χ2n) is 7.57. The molecule has 2 nitrogen and oxygen atoms in total. The van der Waals surface area contributed by atoms with Crippen molar-refractivity contribution >= 4 is 23.2 Å². The third kappa shape index (κ3) is 2.63. The molecule has 0 saturated heterocycles. The van der Waals surface area contributed by atoms with Crippen LogP contribution in [0.4, 0.5) is 5.69 Å². The second-order valence-corrected chi connectivity index (χ2v) is 7.83. The highest BCUT2D eigenvalue weighted by Gasteiger charge is 2.47. The van der Waals surface area contributed by atoms with Crippen molar-refractivity contribution < 1.29 is 4.79 Å². The number of aryl methyl sites for hydroxylation is 1. The lowest BCUT2D eigenvalue weighted by Gasteiger charge is -2.51. The fourth-order valence-corrected chi connectivity index (χ4v) is 4.33. The topological polar surface area (TPSA) is 20.3 Å². The van der Waals surface area contributed by atoms with E-state index in [4.69, 9.17) is 11.6 Å². The standard InChI is InChI=1S/C21H24ClNO/c1-15-9-11-16(12-10-15)21(4)14-20(2,3)23(19(24)13-22)18-8-6-5-7-17(18)21/h5-12H,13-14H2,1-4H3. The van der Waals surface area contributed by atoms with E-state index >= 15 is 0 Å². The van der Waals surface area contributed by atoms with E-state index in [1.165, 1.54) is 16.7 Å². The summed E-state index contributed by atoms with van der Waals surface area (Å²) in [5.41, 5.74) is 4.25. The third-order valence-corrected chi connectivity index (χ3v) is 5.41. The van der Waals surface area contributed by atoms with Gasteiger partial charge in [-0.2, -0.15) is 0 Å². The minimum Gasteiger partial charge on any atom is -0.305 e. The average molecular weight is 342 g/mol. The van der Waals surface area contributed by atoms with Crippen molar-refractivity contribution in [3.8, 4) is 0 Å². The lowest BCUT2D eigenvalue weighted by Crippen LogP contribution is -2.56. The van der Waals surface area contributed by atoms with Crippen molar-refractivity contribution in [3.05, 3.63) is 65.2 Å². The van der Waals surface area contributed by atoms with Gasteiger partial charge in [-0.05, 0) is 44.4 Å². The number of fused-ring (bicyclic) bond motifs is 1. The summed E-state index contributed by atoms with van der Waals surface area (Å²) in [7, 11) is 0. The van der Waals surface area contributed by atoms with Gasteiger partial charge in [-0.15, -0.1) is 11.6 Å². The van der Waals surface area contributed by atoms with Crippen molar-refractivity contribution in [3.63, 3.8) is 0 Å². The number of anilines is 1. The molecule has 126 valence electrons. The van der Waals surface area contributed by atoms with Crippen molar-refractivity contribution in [2.75, 3.05) is 10.8 Å². The Bertz CT molecular complexity index is 766. The molecule has 1 unspecified atom stereocenters. The van der Waals surface area contributed by atoms with Gasteiger partial charge in [-0.25, -0.2) is 0 Å². The highest BCUT2D eigenvalue weighted by atomic mass is 35.5. The van der Waals surface area contributed by atoms with Gasteiger partial charge in [0.25, 0.3) is 0 Å². The zero-order valence-corrected chi connectivity index (χ0v) is 15.5. The van der Waals surface area contributed by atoms with Gasteiger partial charge in [0.15, 0.2) is 0 Å². The molecule has 0 fully saturated rings. The summed E-state index contributed by atoms with van der Waals surface area (Å²) in [6.45, 7) is 8.63. The summed E-state index contributed by atoms with van der Waals surface area (Å²) in [6.07, 6.45) is 0.850. The normalized spacial score (nSPS) is 22.1. The number of halogens is 1. The van der Waals surface area contributed by atoms with E-state index in [-0.39, 0.29) is 22.7 Å². The van der Waals surface area contributed by atoms with Crippen molar-refractivity contribution in [2.45, 2.75) is 45.1 Å². The lowest BCUT2D eigenvalue weighted by molar-refractivity contribution is -0.117. The Morgan fingerprint density at radius 2 is 1.71 bits per heavy atom. The van der Waals surface area contributed by atoms with Crippen LogP contribution in [0.5, 0.6) is 0 Å². The average Bonchev–Trinajstić information content (AvgIpc) is 2.54. The maximum atomic E-state index is 12.5. The molecule has 2 aromatic carbocycles. The zero-order chi connectivity index (χ0) is 17.5. The molecule has 0 bridgehead atoms. The van der Waals surface area contributed by atoms with Crippen LogP contribution in [0.25, 0.3) is 0 Å². The van der Waals surface area contributed by atoms with Gasteiger partial charge in [0.05, 0.1) is 0 Å². The molecule has 2 aromatic rings. The van der Waals surface area contributed by atoms with Gasteiger partial charge in [0.1, 0.15) is 5.88 Å². The van der Waals surface area contributed by atoms with Gasteiger partial charge in [-0.1, -0.05) is 55.0 Å². The van der Waals surface area contributed by atoms with E-state index in [1.807, 2.05) is 23.1 Å². The van der Waals surface area contributed by atoms with E-state index < -0.39 is 0 Å². The van der Waals surface area contributed by atoms with Gasteiger partial charge in [0, 0.05) is 16.6 Å². The maximum Gasteiger partial charge on any atom is 0.242 e. The summed E-state index contributed by atoms with van der Waals surface area (Å²) >= 11 is 5.89. The van der Waals surface area contributed by atoms with E-state index in [0.29, 0.717) is 0 Å². The van der Waals surface area contributed by atoms with E-state index in [0.717, 1.165) is 12.1 Å². The zero-order valence-electron chi connectivity index (χ0n) is 14.8. The highest BCUT2D eigenvalue weighted by Crippen LogP contribution is 2.50. The summed E-state index contributed by atoms with van der Waals surface area (Å²) in [5.74, 6) is -0.0426.